The van der Waals surface area contributed by atoms with E-state index in [1.165, 1.54) is 0 Å². The fraction of sp³-hybridized carbons (Fsp3) is 0.533. The molecule has 0 saturated heterocycles. The van der Waals surface area contributed by atoms with Gasteiger partial charge in [-0.05, 0) is 44.9 Å². The van der Waals surface area contributed by atoms with Crippen LogP contribution in [0, 0.1) is 5.21 Å². The summed E-state index contributed by atoms with van der Waals surface area (Å²) in [5.41, 5.74) is -0.0485. The summed E-state index contributed by atoms with van der Waals surface area (Å²) in [6.07, 6.45) is 0. The number of rotatable bonds is 5. The normalized spacial score (nSPS) is 21.0. The second kappa shape index (κ2) is 5.73. The molecule has 1 radical (unpaired) electrons. The Labute approximate surface area is 124 Å². The lowest BCUT2D eigenvalue weighted by molar-refractivity contribution is -0.727. The van der Waals surface area contributed by atoms with Crippen LogP contribution in [0.2, 0.25) is 0 Å². The van der Waals surface area contributed by atoms with Crippen LogP contribution in [-0.2, 0) is 14.7 Å². The maximum Gasteiger partial charge on any atom is 0.495 e. The number of hydroxylamine groups is 3. The Balaban J connectivity index is 2.62. The zero-order valence-corrected chi connectivity index (χ0v) is 12.8. The van der Waals surface area contributed by atoms with Gasteiger partial charge in [0, 0.05) is 5.56 Å². The van der Waals surface area contributed by atoms with Crippen LogP contribution < -0.4 is 0 Å². The van der Waals surface area contributed by atoms with E-state index < -0.39 is 11.6 Å². The van der Waals surface area contributed by atoms with Gasteiger partial charge >= 0.3 is 6.03 Å². The summed E-state index contributed by atoms with van der Waals surface area (Å²) in [4.78, 5) is 0. The third-order valence-corrected chi connectivity index (χ3v) is 3.52. The second-order valence-corrected chi connectivity index (χ2v) is 5.28. The molecule has 0 spiro atoms. The van der Waals surface area contributed by atoms with Crippen molar-refractivity contribution in [2.24, 2.45) is 0 Å². The molecule has 0 fully saturated rings. The average Bonchev–Trinajstić information content (AvgIpc) is 2.59. The van der Waals surface area contributed by atoms with Gasteiger partial charge in [0.25, 0.3) is 0 Å². The quantitative estimate of drug-likeness (QED) is 0.474. The average molecular weight is 293 g/mol. The first-order chi connectivity index (χ1) is 9.91. The van der Waals surface area contributed by atoms with E-state index in [0.717, 1.165) is 0 Å². The van der Waals surface area contributed by atoms with E-state index >= 15 is 0 Å². The molecule has 6 heteroatoms. The number of nitrogens with zero attached hydrogens (tertiary/aromatic N) is 2. The Morgan fingerprint density at radius 3 is 2.14 bits per heavy atom. The van der Waals surface area contributed by atoms with E-state index in [1.807, 2.05) is 18.2 Å². The summed E-state index contributed by atoms with van der Waals surface area (Å²) in [5.74, 6) is 0. The molecule has 0 aromatic heterocycles. The monoisotopic (exact) mass is 293 g/mol. The molecule has 1 aromatic carbocycles. The molecule has 6 nitrogen and oxygen atoms in total. The van der Waals surface area contributed by atoms with Gasteiger partial charge < -0.3 is 5.21 Å². The minimum Gasteiger partial charge on any atom is -0.618 e. The van der Waals surface area contributed by atoms with Gasteiger partial charge in [-0.3, -0.25) is 9.47 Å². The predicted molar refractivity (Wildman–Crippen MR) is 76.8 cm³/mol. The molecule has 115 valence electrons. The summed E-state index contributed by atoms with van der Waals surface area (Å²) in [5, 5.41) is 26.1. The summed E-state index contributed by atoms with van der Waals surface area (Å²) in [7, 11) is 0. The first kappa shape index (κ1) is 15.9. The van der Waals surface area contributed by atoms with Gasteiger partial charge in [0.1, 0.15) is 5.54 Å². The van der Waals surface area contributed by atoms with Gasteiger partial charge in [0.05, 0.1) is 13.2 Å². The zero-order chi connectivity index (χ0) is 15.7. The molecule has 1 aliphatic heterocycles. The van der Waals surface area contributed by atoms with Crippen LogP contribution in [0.5, 0.6) is 0 Å². The molecular formula is C15H21N2O4. The van der Waals surface area contributed by atoms with Gasteiger partial charge in [-0.2, -0.15) is 0 Å². The summed E-state index contributed by atoms with van der Waals surface area (Å²) in [6.45, 7) is 7.19. The zero-order valence-electron chi connectivity index (χ0n) is 12.8. The first-order valence-electron chi connectivity index (χ1n) is 7.07. The predicted octanol–water partition coefficient (Wildman–Crippen LogP) is 2.11. The Morgan fingerprint density at radius 2 is 1.67 bits per heavy atom. The van der Waals surface area contributed by atoms with E-state index in [1.54, 1.807) is 39.8 Å². The van der Waals surface area contributed by atoms with E-state index in [9.17, 15) is 10.4 Å². The maximum atomic E-state index is 12.8. The molecule has 0 saturated carbocycles. The third kappa shape index (κ3) is 2.34. The summed E-state index contributed by atoms with van der Waals surface area (Å²) in [6, 6.07) is 7.13. The van der Waals surface area contributed by atoms with Crippen LogP contribution in [0.1, 0.15) is 33.3 Å². The van der Waals surface area contributed by atoms with Crippen LogP contribution in [0.15, 0.2) is 30.3 Å². The number of hydrogen-bond acceptors (Lipinski definition) is 4. The highest BCUT2D eigenvalue weighted by molar-refractivity contribution is 6.04. The Morgan fingerprint density at radius 1 is 1.14 bits per heavy atom. The van der Waals surface area contributed by atoms with Crippen LogP contribution in [0.25, 0.3) is 0 Å². The molecule has 0 bridgehead atoms. The largest absolute Gasteiger partial charge is 0.618 e. The van der Waals surface area contributed by atoms with Crippen molar-refractivity contribution in [3.63, 3.8) is 0 Å². The number of hydrogen-bond donors (Lipinski definition) is 0. The summed E-state index contributed by atoms with van der Waals surface area (Å²) >= 11 is 0. The molecule has 0 aliphatic carbocycles. The Bertz CT molecular complexity index is 522. The lowest BCUT2D eigenvalue weighted by Crippen LogP contribution is -2.57. The minimum atomic E-state index is -1.96. The Kier molecular flexibility index (Phi) is 4.34. The van der Waals surface area contributed by atoms with Gasteiger partial charge in [-0.1, -0.05) is 18.2 Å². The van der Waals surface area contributed by atoms with Crippen molar-refractivity contribution >= 4 is 5.71 Å². The first-order valence-corrected chi connectivity index (χ1v) is 7.07. The van der Waals surface area contributed by atoms with Crippen molar-refractivity contribution in [2.45, 2.75) is 39.3 Å². The fourth-order valence-electron chi connectivity index (χ4n) is 2.64. The smallest absolute Gasteiger partial charge is 0.495 e. The SMILES string of the molecule is CCOC1(OCC)N([O])C(C)(C)C(c2ccccc2)=[N+]1[O-]. The van der Waals surface area contributed by atoms with E-state index in [4.69, 9.17) is 9.47 Å². The highest BCUT2D eigenvalue weighted by atomic mass is 16.8. The van der Waals surface area contributed by atoms with E-state index in [-0.39, 0.29) is 13.2 Å². The molecule has 0 amide bonds. The molecule has 21 heavy (non-hydrogen) atoms. The fourth-order valence-corrected chi connectivity index (χ4v) is 2.64. The van der Waals surface area contributed by atoms with Gasteiger partial charge in [0.15, 0.2) is 0 Å². The van der Waals surface area contributed by atoms with Crippen LogP contribution in [0.4, 0.5) is 0 Å². The van der Waals surface area contributed by atoms with Gasteiger partial charge in [-0.15, -0.1) is 9.95 Å². The molecular weight excluding hydrogens is 272 g/mol. The molecule has 0 unspecified atom stereocenters. The molecule has 1 aliphatic rings. The third-order valence-electron chi connectivity index (χ3n) is 3.52. The van der Waals surface area contributed by atoms with Crippen molar-refractivity contribution in [3.8, 4) is 0 Å². The molecule has 2 rings (SSSR count). The van der Waals surface area contributed by atoms with Gasteiger partial charge in [0.2, 0.25) is 5.71 Å². The Hall–Kier alpha value is -1.47. The molecule has 1 heterocycles. The van der Waals surface area contributed by atoms with E-state index in [2.05, 4.69) is 0 Å². The van der Waals surface area contributed by atoms with Crippen molar-refractivity contribution in [3.05, 3.63) is 41.1 Å². The highest BCUT2D eigenvalue weighted by Crippen LogP contribution is 2.37. The molecule has 1 aromatic rings. The standard InChI is InChI=1S/C15H21N2O4/c1-5-20-15(21-6-2)16(18)13(14(3,4)17(15)19)12-10-8-7-9-11-12/h7-11H,5-6H2,1-4H3. The minimum absolute atomic E-state index is 0.190. The van der Waals surface area contributed by atoms with E-state index in [0.29, 0.717) is 21.1 Å². The number of ether oxygens (including phenoxy) is 2. The lowest BCUT2D eigenvalue weighted by Gasteiger charge is -2.31. The topological polar surface area (TPSA) is 67.7 Å². The lowest BCUT2D eigenvalue weighted by atomic mass is 9.93. The van der Waals surface area contributed by atoms with Crippen LogP contribution >= 0.6 is 0 Å². The maximum absolute atomic E-state index is 12.8. The molecule has 0 N–H and O–H groups in total. The summed E-state index contributed by atoms with van der Waals surface area (Å²) < 4.78 is 11.4. The molecule has 0 atom stereocenters. The van der Waals surface area contributed by atoms with Crippen molar-refractivity contribution in [1.29, 1.82) is 0 Å². The van der Waals surface area contributed by atoms with Crippen LogP contribution in [0.3, 0.4) is 0 Å². The second-order valence-electron chi connectivity index (χ2n) is 5.28. The van der Waals surface area contributed by atoms with Crippen LogP contribution in [-0.4, -0.2) is 40.3 Å². The van der Waals surface area contributed by atoms with Crippen molar-refractivity contribution in [1.82, 2.24) is 5.06 Å². The number of benzene rings is 1. The highest BCUT2D eigenvalue weighted by Gasteiger charge is 2.66. The van der Waals surface area contributed by atoms with Crippen molar-refractivity contribution in [2.75, 3.05) is 13.2 Å². The van der Waals surface area contributed by atoms with Gasteiger partial charge in [-0.25, -0.2) is 0 Å². The van der Waals surface area contributed by atoms with Crippen molar-refractivity contribution < 1.29 is 19.4 Å².